The van der Waals surface area contributed by atoms with Crippen LogP contribution in [0.15, 0.2) is 66.0 Å². The first-order valence-corrected chi connectivity index (χ1v) is 10.9. The minimum absolute atomic E-state index is 0.0533. The maximum atomic E-state index is 13.3. The van der Waals surface area contributed by atoms with Crippen molar-refractivity contribution in [2.24, 2.45) is 0 Å². The van der Waals surface area contributed by atoms with Crippen molar-refractivity contribution < 1.29 is 19.7 Å². The highest BCUT2D eigenvalue weighted by Crippen LogP contribution is 2.26. The number of nitrogens with zero attached hydrogens (tertiary/aromatic N) is 3. The Morgan fingerprint density at radius 2 is 2.06 bits per heavy atom. The van der Waals surface area contributed by atoms with E-state index in [0.29, 0.717) is 16.5 Å². The largest absolute Gasteiger partial charge is 0.432 e. The van der Waals surface area contributed by atoms with E-state index in [1.54, 1.807) is 42.7 Å². The number of hydrogen-bond acceptors (Lipinski definition) is 7. The molecule has 1 atom stereocenters. The molecule has 1 aliphatic rings. The first-order valence-electron chi connectivity index (χ1n) is 10.9. The molecule has 0 bridgehead atoms. The van der Waals surface area contributed by atoms with Gasteiger partial charge in [-0.25, -0.2) is 4.98 Å². The molecule has 1 fully saturated rings. The van der Waals surface area contributed by atoms with Gasteiger partial charge in [0, 0.05) is 17.8 Å². The van der Waals surface area contributed by atoms with Gasteiger partial charge < -0.3 is 20.3 Å². The fourth-order valence-electron chi connectivity index (χ4n) is 3.72. The van der Waals surface area contributed by atoms with Crippen molar-refractivity contribution in [2.75, 3.05) is 0 Å². The number of fused-ring (bicyclic) bond motifs is 1. The second-order valence-corrected chi connectivity index (χ2v) is 8.38. The normalized spacial score (nSPS) is 14.7. The summed E-state index contributed by atoms with van der Waals surface area (Å²) in [5, 5.41) is 29.8. The zero-order valence-corrected chi connectivity index (χ0v) is 18.3. The van der Waals surface area contributed by atoms with Crippen LogP contribution < -0.4 is 15.6 Å². The van der Waals surface area contributed by atoms with E-state index in [-0.39, 0.29) is 17.4 Å². The number of aliphatic hydroxyl groups is 2. The smallest absolute Gasteiger partial charge is 0.407 e. The summed E-state index contributed by atoms with van der Waals surface area (Å²) in [6.07, 6.45) is 6.50. The van der Waals surface area contributed by atoms with Crippen LogP contribution in [0.5, 0.6) is 5.75 Å². The van der Waals surface area contributed by atoms with Crippen LogP contribution in [-0.2, 0) is 4.79 Å². The lowest BCUT2D eigenvalue weighted by Gasteiger charge is -2.22. The fraction of sp³-hybridized carbons (Fsp3) is 0.250. The van der Waals surface area contributed by atoms with E-state index in [1.165, 1.54) is 17.0 Å². The molecule has 2 aromatic heterocycles. The van der Waals surface area contributed by atoms with E-state index < -0.39 is 17.9 Å². The number of carbonyl (C=O) groups excluding carboxylic acids is 1. The molecule has 4 N–H and O–H groups in total. The molecule has 0 aliphatic heterocycles. The van der Waals surface area contributed by atoms with Crippen LogP contribution in [0.3, 0.4) is 0 Å². The lowest BCUT2D eigenvalue weighted by atomic mass is 10.1. The van der Waals surface area contributed by atoms with E-state index in [2.05, 4.69) is 20.5 Å². The van der Waals surface area contributed by atoms with E-state index in [9.17, 15) is 19.8 Å². The minimum Gasteiger partial charge on any atom is -0.432 e. The first-order chi connectivity index (χ1) is 16.3. The molecule has 4 aromatic rings. The van der Waals surface area contributed by atoms with Gasteiger partial charge >= 0.3 is 11.9 Å². The molecule has 10 heteroatoms. The van der Waals surface area contributed by atoms with Crippen LogP contribution in [0.4, 0.5) is 0 Å². The van der Waals surface area contributed by atoms with Gasteiger partial charge in [-0.2, -0.15) is 5.10 Å². The van der Waals surface area contributed by atoms with Gasteiger partial charge in [0.1, 0.15) is 5.75 Å². The predicted molar refractivity (Wildman–Crippen MR) is 123 cm³/mol. The Labute approximate surface area is 193 Å². The fourth-order valence-corrected chi connectivity index (χ4v) is 3.72. The van der Waals surface area contributed by atoms with Crippen LogP contribution in [0.2, 0.25) is 0 Å². The molecule has 174 valence electrons. The Morgan fingerprint density at radius 1 is 1.24 bits per heavy atom. The number of benzene rings is 2. The summed E-state index contributed by atoms with van der Waals surface area (Å²) in [7, 11) is 0. The van der Waals surface area contributed by atoms with Gasteiger partial charge in [-0.15, -0.1) is 0 Å². The Balaban J connectivity index is 1.43. The average Bonchev–Trinajstić information content (AvgIpc) is 3.47. The highest BCUT2D eigenvalue weighted by atomic mass is 16.8. The summed E-state index contributed by atoms with van der Waals surface area (Å²) < 4.78 is 6.66. The van der Waals surface area contributed by atoms with Crippen molar-refractivity contribution in [3.63, 3.8) is 0 Å². The second kappa shape index (κ2) is 8.40. The van der Waals surface area contributed by atoms with Gasteiger partial charge in [0.25, 0.3) is 5.56 Å². The lowest BCUT2D eigenvalue weighted by molar-refractivity contribution is -0.272. The Hall–Kier alpha value is -4.02. The van der Waals surface area contributed by atoms with Crippen molar-refractivity contribution in [2.45, 2.75) is 37.8 Å². The Morgan fingerprint density at radius 3 is 2.79 bits per heavy atom. The second-order valence-electron chi connectivity index (χ2n) is 8.38. The molecule has 1 aliphatic carbocycles. The van der Waals surface area contributed by atoms with Crippen LogP contribution in [0.1, 0.15) is 31.4 Å². The summed E-state index contributed by atoms with van der Waals surface area (Å²) in [4.78, 5) is 29.8. The number of H-pyrrole nitrogens is 1. The summed E-state index contributed by atoms with van der Waals surface area (Å²) >= 11 is 0. The maximum absolute atomic E-state index is 13.3. The van der Waals surface area contributed by atoms with Crippen molar-refractivity contribution in [3.05, 3.63) is 77.1 Å². The van der Waals surface area contributed by atoms with Gasteiger partial charge in [-0.3, -0.25) is 19.3 Å². The molecule has 1 saturated carbocycles. The molecule has 1 amide bonds. The number of aromatic nitrogens is 4. The van der Waals surface area contributed by atoms with Crippen LogP contribution >= 0.6 is 0 Å². The van der Waals surface area contributed by atoms with E-state index in [4.69, 9.17) is 4.74 Å². The molecule has 0 radical (unpaired) electrons. The number of amides is 1. The third kappa shape index (κ3) is 4.28. The number of aromatic amines is 1. The number of carbonyl (C=O) groups is 1. The molecule has 34 heavy (non-hydrogen) atoms. The highest BCUT2D eigenvalue weighted by molar-refractivity contribution is 5.83. The van der Waals surface area contributed by atoms with Crippen LogP contribution in [0.25, 0.3) is 22.0 Å². The van der Waals surface area contributed by atoms with Gasteiger partial charge in [0.05, 0.1) is 29.5 Å². The summed E-state index contributed by atoms with van der Waals surface area (Å²) in [5.74, 6) is -3.95. The third-order valence-electron chi connectivity index (χ3n) is 5.84. The lowest BCUT2D eigenvalue weighted by Crippen LogP contribution is -2.51. The van der Waals surface area contributed by atoms with Crippen molar-refractivity contribution in [3.8, 4) is 16.9 Å². The maximum Gasteiger partial charge on any atom is 0.407 e. The van der Waals surface area contributed by atoms with Crippen LogP contribution in [0, 0.1) is 0 Å². The SMILES string of the molecule is C[C@H](c1cccc(OC(O)(O)C(=O)NC2CC2)c1)n1cnc2ccc(-c3cn[nH]c3)cc2c1=O. The number of nitrogens with one attached hydrogen (secondary N) is 2. The quantitative estimate of drug-likeness (QED) is 0.307. The molecule has 2 aromatic carbocycles. The monoisotopic (exact) mass is 461 g/mol. The standard InChI is InChI=1S/C24H23N5O5/c1-14(15-3-2-4-19(9-15)34-24(32,33)23(31)28-18-6-7-18)29-13-25-21-8-5-16(10-20(21)22(29)30)17-11-26-27-12-17/h2-5,8-14,18,32-33H,6-7H2,1H3,(H,26,27)(H,28,31)/t14-/m1/s1. The van der Waals surface area contributed by atoms with E-state index in [0.717, 1.165) is 24.0 Å². The zero-order chi connectivity index (χ0) is 23.9. The van der Waals surface area contributed by atoms with Crippen LogP contribution in [-0.4, -0.2) is 47.9 Å². The molecular weight excluding hydrogens is 438 g/mol. The van der Waals surface area contributed by atoms with E-state index in [1.807, 2.05) is 13.0 Å². The Kier molecular flexibility index (Phi) is 5.39. The third-order valence-corrected chi connectivity index (χ3v) is 5.84. The van der Waals surface area contributed by atoms with Crippen molar-refractivity contribution in [1.29, 1.82) is 0 Å². The minimum atomic E-state index is -3.00. The average molecular weight is 461 g/mol. The summed E-state index contributed by atoms with van der Waals surface area (Å²) in [5.41, 5.74) is 2.70. The Bertz CT molecular complexity index is 1410. The molecule has 2 heterocycles. The van der Waals surface area contributed by atoms with E-state index >= 15 is 0 Å². The molecular formula is C24H23N5O5. The highest BCUT2D eigenvalue weighted by Gasteiger charge is 2.39. The number of ether oxygens (including phenoxy) is 1. The van der Waals surface area contributed by atoms with Gasteiger partial charge in [-0.1, -0.05) is 18.2 Å². The zero-order valence-electron chi connectivity index (χ0n) is 18.3. The summed E-state index contributed by atoms with van der Waals surface area (Å²) in [6.45, 7) is 1.82. The van der Waals surface area contributed by atoms with Gasteiger partial charge in [0.2, 0.25) is 0 Å². The van der Waals surface area contributed by atoms with Gasteiger partial charge in [0.15, 0.2) is 0 Å². The molecule has 0 unspecified atom stereocenters. The van der Waals surface area contributed by atoms with Gasteiger partial charge in [-0.05, 0) is 55.2 Å². The summed E-state index contributed by atoms with van der Waals surface area (Å²) in [6, 6.07) is 11.4. The number of hydrogen-bond donors (Lipinski definition) is 4. The number of rotatable bonds is 7. The topological polar surface area (TPSA) is 142 Å². The van der Waals surface area contributed by atoms with Crippen molar-refractivity contribution in [1.82, 2.24) is 25.1 Å². The molecule has 0 spiro atoms. The van der Waals surface area contributed by atoms with Crippen molar-refractivity contribution >= 4 is 16.8 Å². The molecule has 5 rings (SSSR count). The molecule has 0 saturated heterocycles. The predicted octanol–water partition coefficient (Wildman–Crippen LogP) is 1.69. The first kappa shape index (κ1) is 21.8. The molecule has 10 nitrogen and oxygen atoms in total.